The van der Waals surface area contributed by atoms with Gasteiger partial charge in [0.1, 0.15) is 5.56 Å². The lowest BCUT2D eigenvalue weighted by molar-refractivity contribution is 0.0524. The molecule has 2 rings (SSSR count). The molecule has 82 valence electrons. The molecule has 0 saturated carbocycles. The predicted molar refractivity (Wildman–Crippen MR) is 54.8 cm³/mol. The molecule has 0 spiro atoms. The summed E-state index contributed by atoms with van der Waals surface area (Å²) in [6.45, 7) is 4.09. The maximum atomic E-state index is 11.6. The second-order valence-corrected chi connectivity index (χ2v) is 3.61. The Morgan fingerprint density at radius 2 is 2.60 bits per heavy atom. The normalized spacial score (nSPS) is 20.5. The maximum Gasteiger partial charge on any atom is 0.341 e. The van der Waals surface area contributed by atoms with E-state index in [1.54, 1.807) is 13.1 Å². The lowest BCUT2D eigenvalue weighted by Crippen LogP contribution is -2.12. The first-order valence-corrected chi connectivity index (χ1v) is 5.24. The van der Waals surface area contributed by atoms with E-state index in [4.69, 9.17) is 4.74 Å². The number of nitrogens with one attached hydrogen (secondary N) is 2. The van der Waals surface area contributed by atoms with Crippen LogP contribution in [0.2, 0.25) is 0 Å². The van der Waals surface area contributed by atoms with E-state index in [1.807, 2.05) is 0 Å². The highest BCUT2D eigenvalue weighted by Crippen LogP contribution is 2.23. The van der Waals surface area contributed by atoms with Gasteiger partial charge in [0.05, 0.1) is 18.5 Å². The number of ether oxygens (including phenoxy) is 1. The molecule has 15 heavy (non-hydrogen) atoms. The van der Waals surface area contributed by atoms with Gasteiger partial charge in [-0.05, 0) is 19.9 Å². The van der Waals surface area contributed by atoms with E-state index in [0.29, 0.717) is 18.1 Å². The Labute approximate surface area is 88.2 Å². The number of H-pyrrole nitrogens is 1. The van der Waals surface area contributed by atoms with E-state index in [9.17, 15) is 4.79 Å². The highest BCUT2D eigenvalue weighted by Gasteiger charge is 2.24. The van der Waals surface area contributed by atoms with Crippen molar-refractivity contribution in [2.24, 2.45) is 0 Å². The Hall–Kier alpha value is -1.36. The molecule has 1 aromatic heterocycles. The molecule has 0 radical (unpaired) electrons. The molecule has 1 aromatic rings. The van der Waals surface area contributed by atoms with Crippen LogP contribution in [-0.4, -0.2) is 35.9 Å². The fourth-order valence-electron chi connectivity index (χ4n) is 1.88. The number of aromatic nitrogens is 2. The molecule has 1 unspecified atom stereocenters. The zero-order valence-corrected chi connectivity index (χ0v) is 8.75. The van der Waals surface area contributed by atoms with E-state index in [-0.39, 0.29) is 5.97 Å². The van der Waals surface area contributed by atoms with E-state index < -0.39 is 0 Å². The van der Waals surface area contributed by atoms with Crippen molar-refractivity contribution in [3.05, 3.63) is 17.5 Å². The van der Waals surface area contributed by atoms with Crippen molar-refractivity contribution in [3.63, 3.8) is 0 Å². The van der Waals surface area contributed by atoms with Gasteiger partial charge in [-0.1, -0.05) is 0 Å². The van der Waals surface area contributed by atoms with Gasteiger partial charge in [-0.25, -0.2) is 4.79 Å². The number of hydrogen-bond acceptors (Lipinski definition) is 4. The number of esters is 1. The summed E-state index contributed by atoms with van der Waals surface area (Å²) in [5.41, 5.74) is 1.48. The zero-order chi connectivity index (χ0) is 10.7. The average molecular weight is 209 g/mol. The van der Waals surface area contributed by atoms with Crippen molar-refractivity contribution in [2.45, 2.75) is 19.3 Å². The van der Waals surface area contributed by atoms with Crippen molar-refractivity contribution in [1.82, 2.24) is 15.5 Å². The zero-order valence-electron chi connectivity index (χ0n) is 8.75. The standard InChI is InChI=1S/C10H15N3O2/c1-2-15-10(14)8-6-12-13-9(8)7-3-4-11-5-7/h6-7,11H,2-5H2,1H3,(H,12,13). The third-order valence-electron chi connectivity index (χ3n) is 2.63. The van der Waals surface area contributed by atoms with Gasteiger partial charge >= 0.3 is 5.97 Å². The molecule has 2 N–H and O–H groups in total. The summed E-state index contributed by atoms with van der Waals surface area (Å²) in [7, 11) is 0. The summed E-state index contributed by atoms with van der Waals surface area (Å²) in [4.78, 5) is 11.6. The number of aromatic amines is 1. The molecule has 0 amide bonds. The lowest BCUT2D eigenvalue weighted by Gasteiger charge is -2.07. The van der Waals surface area contributed by atoms with Crippen molar-refractivity contribution < 1.29 is 9.53 Å². The van der Waals surface area contributed by atoms with Crippen LogP contribution >= 0.6 is 0 Å². The van der Waals surface area contributed by atoms with Gasteiger partial charge in [-0.3, -0.25) is 5.10 Å². The van der Waals surface area contributed by atoms with Gasteiger partial charge in [0.15, 0.2) is 0 Å². The maximum absolute atomic E-state index is 11.6. The van der Waals surface area contributed by atoms with Crippen LogP contribution in [0.3, 0.4) is 0 Å². The Kier molecular flexibility index (Phi) is 3.01. The van der Waals surface area contributed by atoms with Crippen LogP contribution in [0, 0.1) is 0 Å². The Balaban J connectivity index is 2.17. The van der Waals surface area contributed by atoms with Crippen LogP contribution in [0.15, 0.2) is 6.20 Å². The summed E-state index contributed by atoms with van der Waals surface area (Å²) < 4.78 is 4.97. The molecular weight excluding hydrogens is 194 g/mol. The fraction of sp³-hybridized carbons (Fsp3) is 0.600. The fourth-order valence-corrected chi connectivity index (χ4v) is 1.88. The molecule has 0 bridgehead atoms. The van der Waals surface area contributed by atoms with E-state index in [2.05, 4.69) is 15.5 Å². The Bertz CT molecular complexity index is 342. The van der Waals surface area contributed by atoms with E-state index in [0.717, 1.165) is 25.2 Å². The van der Waals surface area contributed by atoms with Gasteiger partial charge in [-0.15, -0.1) is 0 Å². The molecule has 5 nitrogen and oxygen atoms in total. The monoisotopic (exact) mass is 209 g/mol. The summed E-state index contributed by atoms with van der Waals surface area (Å²) in [6, 6.07) is 0. The van der Waals surface area contributed by atoms with Crippen LogP contribution in [0.1, 0.15) is 35.3 Å². The van der Waals surface area contributed by atoms with Gasteiger partial charge < -0.3 is 10.1 Å². The Morgan fingerprint density at radius 3 is 3.27 bits per heavy atom. The molecule has 1 fully saturated rings. The average Bonchev–Trinajstić information content (AvgIpc) is 2.88. The number of carbonyl (C=O) groups excluding carboxylic acids is 1. The minimum atomic E-state index is -0.284. The minimum absolute atomic E-state index is 0.284. The molecular formula is C10H15N3O2. The van der Waals surface area contributed by atoms with Crippen molar-refractivity contribution >= 4 is 5.97 Å². The number of nitrogens with zero attached hydrogens (tertiary/aromatic N) is 1. The van der Waals surface area contributed by atoms with E-state index >= 15 is 0 Å². The van der Waals surface area contributed by atoms with Crippen LogP contribution in [-0.2, 0) is 4.74 Å². The quantitative estimate of drug-likeness (QED) is 0.718. The number of carbonyl (C=O) groups is 1. The molecule has 5 heteroatoms. The summed E-state index contributed by atoms with van der Waals surface area (Å²) >= 11 is 0. The van der Waals surface area contributed by atoms with E-state index in [1.165, 1.54) is 0 Å². The summed E-state index contributed by atoms with van der Waals surface area (Å²) in [6.07, 6.45) is 2.58. The predicted octanol–water partition coefficient (Wildman–Crippen LogP) is 0.663. The first kappa shape index (κ1) is 10.2. The van der Waals surface area contributed by atoms with Gasteiger partial charge in [-0.2, -0.15) is 5.10 Å². The highest BCUT2D eigenvalue weighted by molar-refractivity contribution is 5.90. The molecule has 1 aliphatic rings. The first-order chi connectivity index (χ1) is 7.33. The largest absolute Gasteiger partial charge is 0.462 e. The third-order valence-corrected chi connectivity index (χ3v) is 2.63. The molecule has 2 heterocycles. The van der Waals surface area contributed by atoms with Gasteiger partial charge in [0, 0.05) is 12.5 Å². The third kappa shape index (κ3) is 2.02. The second kappa shape index (κ2) is 4.44. The smallest absolute Gasteiger partial charge is 0.341 e. The van der Waals surface area contributed by atoms with Crippen LogP contribution < -0.4 is 5.32 Å². The van der Waals surface area contributed by atoms with Crippen LogP contribution in [0.4, 0.5) is 0 Å². The number of rotatable bonds is 3. The summed E-state index contributed by atoms with van der Waals surface area (Å²) in [5, 5.41) is 10.1. The second-order valence-electron chi connectivity index (χ2n) is 3.61. The molecule has 1 atom stereocenters. The minimum Gasteiger partial charge on any atom is -0.462 e. The molecule has 0 aliphatic carbocycles. The topological polar surface area (TPSA) is 67.0 Å². The van der Waals surface area contributed by atoms with Gasteiger partial charge in [0.2, 0.25) is 0 Å². The SMILES string of the molecule is CCOC(=O)c1cn[nH]c1C1CCNC1. The molecule has 1 saturated heterocycles. The summed E-state index contributed by atoms with van der Waals surface area (Å²) in [5.74, 6) is 0.0695. The van der Waals surface area contributed by atoms with Gasteiger partial charge in [0.25, 0.3) is 0 Å². The van der Waals surface area contributed by atoms with Crippen molar-refractivity contribution in [1.29, 1.82) is 0 Å². The van der Waals surface area contributed by atoms with Crippen molar-refractivity contribution in [3.8, 4) is 0 Å². The van der Waals surface area contributed by atoms with Crippen LogP contribution in [0.25, 0.3) is 0 Å². The molecule has 1 aliphatic heterocycles. The Morgan fingerprint density at radius 1 is 1.73 bits per heavy atom. The van der Waals surface area contributed by atoms with Crippen molar-refractivity contribution in [2.75, 3.05) is 19.7 Å². The number of hydrogen-bond donors (Lipinski definition) is 2. The first-order valence-electron chi connectivity index (χ1n) is 5.24. The molecule has 0 aromatic carbocycles. The highest BCUT2D eigenvalue weighted by atomic mass is 16.5. The van der Waals surface area contributed by atoms with Crippen LogP contribution in [0.5, 0.6) is 0 Å². The lowest BCUT2D eigenvalue weighted by atomic mass is 10.0.